The van der Waals surface area contributed by atoms with Gasteiger partial charge in [-0.25, -0.2) is 9.59 Å². The molecule has 0 amide bonds. The first kappa shape index (κ1) is 32.9. The third-order valence-electron chi connectivity index (χ3n) is 8.07. The highest BCUT2D eigenvalue weighted by Crippen LogP contribution is 2.43. The lowest BCUT2D eigenvalue weighted by atomic mass is 9.79. The summed E-state index contributed by atoms with van der Waals surface area (Å²) in [6.07, 6.45) is 0.166. The second kappa shape index (κ2) is 13.9. The van der Waals surface area contributed by atoms with Crippen molar-refractivity contribution in [2.45, 2.75) is 44.7 Å². The minimum atomic E-state index is -1.41. The number of H-pyrrole nitrogens is 2. The summed E-state index contributed by atoms with van der Waals surface area (Å²) in [5.74, 6) is 1.23. The van der Waals surface area contributed by atoms with Crippen LogP contribution < -0.4 is 32.0 Å². The van der Waals surface area contributed by atoms with Crippen molar-refractivity contribution in [3.8, 4) is 11.5 Å². The van der Waals surface area contributed by atoms with Crippen molar-refractivity contribution in [1.82, 2.24) is 19.1 Å². The van der Waals surface area contributed by atoms with Crippen molar-refractivity contribution < 1.29 is 19.3 Å². The van der Waals surface area contributed by atoms with Gasteiger partial charge in [-0.2, -0.15) is 0 Å². The van der Waals surface area contributed by atoms with Gasteiger partial charge < -0.3 is 19.3 Å². The number of ether oxygens (including phenoxy) is 3. The molecule has 5 rings (SSSR count). The number of aromatic nitrogens is 4. The SMILES string of the molecule is COc1ccc(C(O[C@@H](Cn2cc(C)c(=O)[nH]c2=O)[C@@H](O)Cn2cc(C)c(=O)[nH]c2=O)(c2ccccc2)c2ccc(OC)cc2)cc1. The molecule has 3 aromatic carbocycles. The van der Waals surface area contributed by atoms with Crippen LogP contribution in [-0.2, 0) is 23.4 Å². The van der Waals surface area contributed by atoms with Crippen LogP contribution >= 0.6 is 0 Å². The van der Waals surface area contributed by atoms with Gasteiger partial charge in [0.05, 0.1) is 33.4 Å². The fourth-order valence-electron chi connectivity index (χ4n) is 5.51. The number of nitrogens with one attached hydrogen (secondary N) is 2. The molecule has 0 unspecified atom stereocenters. The fourth-order valence-corrected chi connectivity index (χ4v) is 5.51. The Morgan fingerprint density at radius 2 is 1.09 bits per heavy atom. The molecule has 244 valence electrons. The maximum Gasteiger partial charge on any atom is 0.328 e. The highest BCUT2D eigenvalue weighted by atomic mass is 16.5. The lowest BCUT2D eigenvalue weighted by Crippen LogP contribution is -2.47. The minimum Gasteiger partial charge on any atom is -0.497 e. The van der Waals surface area contributed by atoms with Crippen LogP contribution in [0.15, 0.2) is 110 Å². The first-order valence-corrected chi connectivity index (χ1v) is 14.9. The summed E-state index contributed by atoms with van der Waals surface area (Å²) in [4.78, 5) is 54.6. The number of hydrogen-bond donors (Lipinski definition) is 3. The van der Waals surface area contributed by atoms with E-state index in [2.05, 4.69) is 9.97 Å². The smallest absolute Gasteiger partial charge is 0.328 e. The van der Waals surface area contributed by atoms with E-state index in [1.54, 1.807) is 52.3 Å². The van der Waals surface area contributed by atoms with Gasteiger partial charge in [0.15, 0.2) is 0 Å². The van der Waals surface area contributed by atoms with E-state index in [4.69, 9.17) is 14.2 Å². The van der Waals surface area contributed by atoms with E-state index in [1.165, 1.54) is 21.5 Å². The van der Waals surface area contributed by atoms with Crippen molar-refractivity contribution in [2.75, 3.05) is 14.2 Å². The topological polar surface area (TPSA) is 158 Å². The van der Waals surface area contributed by atoms with Crippen LogP contribution in [0, 0.1) is 13.8 Å². The summed E-state index contributed by atoms with van der Waals surface area (Å²) >= 11 is 0. The number of aliphatic hydroxyl groups is 1. The Kier molecular flexibility index (Phi) is 9.73. The molecule has 0 aliphatic heterocycles. The number of aryl methyl sites for hydroxylation is 2. The van der Waals surface area contributed by atoms with Crippen LogP contribution in [0.2, 0.25) is 0 Å². The van der Waals surface area contributed by atoms with Gasteiger partial charge in [-0.05, 0) is 54.8 Å². The zero-order valence-electron chi connectivity index (χ0n) is 26.4. The Morgan fingerprint density at radius 3 is 1.53 bits per heavy atom. The molecular weight excluding hydrogens is 604 g/mol. The number of aromatic amines is 2. The number of hydrogen-bond acceptors (Lipinski definition) is 8. The largest absolute Gasteiger partial charge is 0.497 e. The van der Waals surface area contributed by atoms with Crippen LogP contribution in [0.3, 0.4) is 0 Å². The van der Waals surface area contributed by atoms with Crippen molar-refractivity contribution in [3.05, 3.63) is 161 Å². The van der Waals surface area contributed by atoms with Crippen molar-refractivity contribution in [3.63, 3.8) is 0 Å². The van der Waals surface area contributed by atoms with Crippen molar-refractivity contribution >= 4 is 0 Å². The number of rotatable bonds is 12. The number of aliphatic hydroxyl groups excluding tert-OH is 1. The Bertz CT molecular complexity index is 2020. The molecule has 12 heteroatoms. The van der Waals surface area contributed by atoms with E-state index in [9.17, 15) is 24.3 Å². The zero-order chi connectivity index (χ0) is 33.7. The van der Waals surface area contributed by atoms with Crippen LogP contribution in [0.4, 0.5) is 0 Å². The highest BCUT2D eigenvalue weighted by Gasteiger charge is 2.42. The van der Waals surface area contributed by atoms with Gasteiger partial charge in [-0.1, -0.05) is 54.6 Å². The predicted octanol–water partition coefficient (Wildman–Crippen LogP) is 2.46. The standard InChI is InChI=1S/C35H36N4O8/c1-22-18-38(33(43)36-31(22)41)20-29(40)30(21-39-19-23(2)32(42)37-34(39)44)47-35(24-8-6-5-7-9-24,25-10-14-27(45-3)15-11-25)26-12-16-28(46-4)17-13-26/h5-19,29-30,40H,20-21H2,1-4H3,(H,36,41,43)(H,37,42,44)/t29-,30-/m0/s1. The highest BCUT2D eigenvalue weighted by molar-refractivity contribution is 5.50. The molecular formula is C35H36N4O8. The molecule has 0 aliphatic rings. The van der Waals surface area contributed by atoms with Crippen LogP contribution in [0.1, 0.15) is 27.8 Å². The van der Waals surface area contributed by atoms with Crippen LogP contribution in [0.25, 0.3) is 0 Å². The third-order valence-corrected chi connectivity index (χ3v) is 8.07. The van der Waals surface area contributed by atoms with E-state index in [1.807, 2.05) is 54.6 Å². The Balaban J connectivity index is 1.74. The maximum atomic E-state index is 13.0. The summed E-state index contributed by atoms with van der Waals surface area (Å²) < 4.78 is 20.4. The van der Waals surface area contributed by atoms with Crippen LogP contribution in [-0.4, -0.2) is 50.6 Å². The first-order chi connectivity index (χ1) is 22.5. The normalized spacial score (nSPS) is 12.8. The molecule has 0 fully saturated rings. The van der Waals surface area contributed by atoms with Gasteiger partial charge in [-0.3, -0.25) is 28.7 Å². The predicted molar refractivity (Wildman–Crippen MR) is 175 cm³/mol. The van der Waals surface area contributed by atoms with Gasteiger partial charge in [0.1, 0.15) is 23.2 Å². The molecule has 0 aliphatic carbocycles. The number of nitrogens with zero attached hydrogens (tertiary/aromatic N) is 2. The molecule has 0 radical (unpaired) electrons. The molecule has 2 heterocycles. The molecule has 5 aromatic rings. The van der Waals surface area contributed by atoms with Gasteiger partial charge >= 0.3 is 11.4 Å². The summed E-state index contributed by atoms with van der Waals surface area (Å²) in [5.41, 5.74) is -1.26. The Hall–Kier alpha value is -5.46. The lowest BCUT2D eigenvalue weighted by Gasteiger charge is -2.40. The molecule has 2 aromatic heterocycles. The summed E-state index contributed by atoms with van der Waals surface area (Å²) in [5, 5.41) is 11.9. The molecule has 3 N–H and O–H groups in total. The van der Waals surface area contributed by atoms with Crippen molar-refractivity contribution in [2.24, 2.45) is 0 Å². The van der Waals surface area contributed by atoms with Gasteiger partial charge in [0.2, 0.25) is 0 Å². The second-order valence-electron chi connectivity index (χ2n) is 11.2. The zero-order valence-corrected chi connectivity index (χ0v) is 26.4. The summed E-state index contributed by atoms with van der Waals surface area (Å²) in [6, 6.07) is 24.0. The molecule has 0 saturated heterocycles. The summed E-state index contributed by atoms with van der Waals surface area (Å²) in [6.45, 7) is 2.61. The number of benzene rings is 3. The van der Waals surface area contributed by atoms with Crippen LogP contribution in [0.5, 0.6) is 11.5 Å². The average molecular weight is 641 g/mol. The van der Waals surface area contributed by atoms with Crippen molar-refractivity contribution in [1.29, 1.82) is 0 Å². The fraction of sp³-hybridized carbons (Fsp3) is 0.257. The molecule has 47 heavy (non-hydrogen) atoms. The molecule has 0 bridgehead atoms. The van der Waals surface area contributed by atoms with E-state index < -0.39 is 40.3 Å². The second-order valence-corrected chi connectivity index (χ2v) is 11.2. The van der Waals surface area contributed by atoms with Gasteiger partial charge in [0.25, 0.3) is 11.1 Å². The van der Waals surface area contributed by atoms with E-state index in [0.29, 0.717) is 28.2 Å². The average Bonchev–Trinajstić information content (AvgIpc) is 3.08. The number of methoxy groups -OCH3 is 2. The van der Waals surface area contributed by atoms with E-state index in [0.717, 1.165) is 0 Å². The Labute approximate surface area is 269 Å². The monoisotopic (exact) mass is 640 g/mol. The minimum absolute atomic E-state index is 0.213. The maximum absolute atomic E-state index is 13.0. The Morgan fingerprint density at radius 1 is 0.660 bits per heavy atom. The third kappa shape index (κ3) is 6.88. The first-order valence-electron chi connectivity index (χ1n) is 14.9. The lowest BCUT2D eigenvalue weighted by molar-refractivity contribution is -0.113. The summed E-state index contributed by atoms with van der Waals surface area (Å²) in [7, 11) is 3.13. The van der Waals surface area contributed by atoms with Gasteiger partial charge in [0, 0.05) is 23.5 Å². The quantitative estimate of drug-likeness (QED) is 0.176. The molecule has 0 spiro atoms. The van der Waals surface area contributed by atoms with Gasteiger partial charge in [-0.15, -0.1) is 0 Å². The molecule has 2 atom stereocenters. The molecule has 12 nitrogen and oxygen atoms in total. The molecule has 0 saturated carbocycles. The van der Waals surface area contributed by atoms with E-state index >= 15 is 0 Å². The van der Waals surface area contributed by atoms with E-state index in [-0.39, 0.29) is 24.2 Å².